The van der Waals surface area contributed by atoms with Crippen LogP contribution in [-0.4, -0.2) is 23.3 Å². The van der Waals surface area contributed by atoms with Gasteiger partial charge in [0.2, 0.25) is 0 Å². The second-order valence-electron chi connectivity index (χ2n) is 3.94. The van der Waals surface area contributed by atoms with Gasteiger partial charge in [-0.1, -0.05) is 11.6 Å². The maximum absolute atomic E-state index is 10.3. The van der Waals surface area contributed by atoms with E-state index in [-0.39, 0.29) is 0 Å². The fourth-order valence-corrected chi connectivity index (χ4v) is 3.37. The fraction of sp³-hybridized carbons (Fsp3) is 0.250. The highest BCUT2D eigenvalue weighted by Gasteiger charge is 2.21. The first-order valence-corrected chi connectivity index (χ1v) is 7.58. The summed E-state index contributed by atoms with van der Waals surface area (Å²) in [7, 11) is 0. The number of thiazole rings is 1. The summed E-state index contributed by atoms with van der Waals surface area (Å²) >= 11 is 10.8. The highest BCUT2D eigenvalue weighted by Crippen LogP contribution is 2.41. The number of halogens is 2. The molecule has 0 aliphatic carbocycles. The Morgan fingerprint density at radius 2 is 2.16 bits per heavy atom. The van der Waals surface area contributed by atoms with Crippen LogP contribution >= 0.6 is 38.9 Å². The minimum Gasteiger partial charge on any atom is -0.486 e. The molecule has 0 spiro atoms. The molecule has 0 radical (unpaired) electrons. The van der Waals surface area contributed by atoms with E-state index in [1.165, 1.54) is 11.3 Å². The van der Waals surface area contributed by atoms with Crippen molar-refractivity contribution in [1.29, 1.82) is 0 Å². The van der Waals surface area contributed by atoms with Crippen LogP contribution in [0.5, 0.6) is 11.5 Å². The maximum Gasteiger partial charge on any atom is 0.179 e. The summed E-state index contributed by atoms with van der Waals surface area (Å²) in [6, 6.07) is 3.41. The van der Waals surface area contributed by atoms with E-state index in [0.29, 0.717) is 44.9 Å². The number of rotatable bonds is 2. The normalized spacial score (nSPS) is 15.3. The molecule has 1 atom stereocenters. The SMILES string of the molecule is OC(c1cc(Cl)c2c(c1)OCCO2)c1nc(Br)cs1. The van der Waals surface area contributed by atoms with Crippen molar-refractivity contribution in [3.63, 3.8) is 0 Å². The van der Waals surface area contributed by atoms with Gasteiger partial charge in [-0.15, -0.1) is 11.3 Å². The molecule has 100 valence electrons. The quantitative estimate of drug-likeness (QED) is 0.889. The second-order valence-corrected chi connectivity index (χ2v) is 6.05. The fourth-order valence-electron chi connectivity index (χ4n) is 1.82. The summed E-state index contributed by atoms with van der Waals surface area (Å²) in [5, 5.41) is 13.2. The van der Waals surface area contributed by atoms with Crippen molar-refractivity contribution in [3.8, 4) is 11.5 Å². The zero-order chi connectivity index (χ0) is 13.4. The standard InChI is InChI=1S/C12H9BrClNO3S/c13-9-5-19-12(15-9)10(16)6-3-7(14)11-8(4-6)17-1-2-18-11/h3-5,10,16H,1-2H2. The highest BCUT2D eigenvalue weighted by atomic mass is 79.9. The molecule has 4 nitrogen and oxygen atoms in total. The Kier molecular flexibility index (Phi) is 3.66. The second kappa shape index (κ2) is 5.28. The minimum absolute atomic E-state index is 0.432. The van der Waals surface area contributed by atoms with Crippen LogP contribution in [0.4, 0.5) is 0 Å². The predicted molar refractivity (Wildman–Crippen MR) is 76.3 cm³/mol. The van der Waals surface area contributed by atoms with Gasteiger partial charge in [-0.2, -0.15) is 0 Å². The van der Waals surface area contributed by atoms with Crippen LogP contribution in [0.15, 0.2) is 22.1 Å². The largest absolute Gasteiger partial charge is 0.486 e. The van der Waals surface area contributed by atoms with Gasteiger partial charge >= 0.3 is 0 Å². The van der Waals surface area contributed by atoms with Gasteiger partial charge in [0.1, 0.15) is 28.9 Å². The van der Waals surface area contributed by atoms with Gasteiger partial charge < -0.3 is 14.6 Å². The van der Waals surface area contributed by atoms with Gasteiger partial charge in [-0.3, -0.25) is 0 Å². The minimum atomic E-state index is -0.829. The molecule has 0 amide bonds. The first-order chi connectivity index (χ1) is 9.15. The smallest absolute Gasteiger partial charge is 0.179 e. The number of aliphatic hydroxyl groups excluding tert-OH is 1. The molecule has 3 rings (SSSR count). The third-order valence-electron chi connectivity index (χ3n) is 2.66. The van der Waals surface area contributed by atoms with Crippen LogP contribution in [-0.2, 0) is 0 Å². The average Bonchev–Trinajstić information content (AvgIpc) is 2.84. The van der Waals surface area contributed by atoms with Crippen molar-refractivity contribution in [3.05, 3.63) is 37.7 Å². The van der Waals surface area contributed by atoms with Crippen LogP contribution in [0.2, 0.25) is 5.02 Å². The van der Waals surface area contributed by atoms with Gasteiger partial charge in [-0.05, 0) is 33.6 Å². The number of nitrogens with zero attached hydrogens (tertiary/aromatic N) is 1. The number of aromatic nitrogens is 1. The molecule has 2 aromatic rings. The van der Waals surface area contributed by atoms with Crippen LogP contribution in [0.3, 0.4) is 0 Å². The molecular weight excluding hydrogens is 354 g/mol. The zero-order valence-electron chi connectivity index (χ0n) is 9.60. The average molecular weight is 363 g/mol. The lowest BCUT2D eigenvalue weighted by atomic mass is 10.1. The van der Waals surface area contributed by atoms with Crippen molar-refractivity contribution in [2.24, 2.45) is 0 Å². The van der Waals surface area contributed by atoms with E-state index >= 15 is 0 Å². The third kappa shape index (κ3) is 2.58. The molecule has 1 aliphatic heterocycles. The van der Waals surface area contributed by atoms with Crippen LogP contribution < -0.4 is 9.47 Å². The molecule has 0 bridgehead atoms. The zero-order valence-corrected chi connectivity index (χ0v) is 12.8. The molecule has 1 unspecified atom stereocenters. The first kappa shape index (κ1) is 13.2. The van der Waals surface area contributed by atoms with Crippen molar-refractivity contribution < 1.29 is 14.6 Å². The van der Waals surface area contributed by atoms with Crippen molar-refractivity contribution in [2.45, 2.75) is 6.10 Å². The number of ether oxygens (including phenoxy) is 2. The van der Waals surface area contributed by atoms with Gasteiger partial charge in [0.05, 0.1) is 5.02 Å². The topological polar surface area (TPSA) is 51.6 Å². The number of aliphatic hydroxyl groups is 1. The van der Waals surface area contributed by atoms with Gasteiger partial charge in [0.15, 0.2) is 11.5 Å². The van der Waals surface area contributed by atoms with Crippen LogP contribution in [0, 0.1) is 0 Å². The highest BCUT2D eigenvalue weighted by molar-refractivity contribution is 9.10. The molecule has 7 heteroatoms. The van der Waals surface area contributed by atoms with Crippen molar-refractivity contribution in [2.75, 3.05) is 13.2 Å². The molecule has 2 heterocycles. The number of hydrogen-bond acceptors (Lipinski definition) is 5. The molecule has 19 heavy (non-hydrogen) atoms. The number of benzene rings is 1. The Morgan fingerprint density at radius 1 is 1.37 bits per heavy atom. The molecule has 0 saturated heterocycles. The van der Waals surface area contributed by atoms with Gasteiger partial charge in [0.25, 0.3) is 0 Å². The predicted octanol–water partition coefficient (Wildman–Crippen LogP) is 3.41. The number of fused-ring (bicyclic) bond motifs is 1. The van der Waals surface area contributed by atoms with Crippen molar-refractivity contribution >= 4 is 38.9 Å². The summed E-state index contributed by atoms with van der Waals surface area (Å²) in [5.74, 6) is 1.09. The van der Waals surface area contributed by atoms with E-state index < -0.39 is 6.10 Å². The summed E-state index contributed by atoms with van der Waals surface area (Å²) < 4.78 is 11.6. The van der Waals surface area contributed by atoms with Crippen LogP contribution in [0.25, 0.3) is 0 Å². The van der Waals surface area contributed by atoms with Gasteiger partial charge in [-0.25, -0.2) is 4.98 Å². The third-order valence-corrected chi connectivity index (χ3v) is 4.55. The lowest BCUT2D eigenvalue weighted by Gasteiger charge is -2.21. The van der Waals surface area contributed by atoms with Gasteiger partial charge in [0, 0.05) is 5.38 Å². The van der Waals surface area contributed by atoms with E-state index in [9.17, 15) is 5.11 Å². The number of hydrogen-bond donors (Lipinski definition) is 1. The Morgan fingerprint density at radius 3 is 2.89 bits per heavy atom. The van der Waals surface area contributed by atoms with E-state index in [4.69, 9.17) is 21.1 Å². The van der Waals surface area contributed by atoms with Crippen LogP contribution in [0.1, 0.15) is 16.7 Å². The molecule has 0 fully saturated rings. The lowest BCUT2D eigenvalue weighted by molar-refractivity contribution is 0.170. The molecule has 1 N–H and O–H groups in total. The van der Waals surface area contributed by atoms with E-state index in [2.05, 4.69) is 20.9 Å². The summed E-state index contributed by atoms with van der Waals surface area (Å²) in [6.45, 7) is 0.958. The monoisotopic (exact) mass is 361 g/mol. The summed E-state index contributed by atoms with van der Waals surface area (Å²) in [4.78, 5) is 4.20. The molecule has 0 saturated carbocycles. The van der Waals surface area contributed by atoms with E-state index in [1.54, 1.807) is 12.1 Å². The molecule has 1 aliphatic rings. The van der Waals surface area contributed by atoms with Crippen molar-refractivity contribution in [1.82, 2.24) is 4.98 Å². The molecular formula is C12H9BrClNO3S. The van der Waals surface area contributed by atoms with E-state index in [1.807, 2.05) is 5.38 Å². The Bertz CT molecular complexity index is 619. The molecule has 1 aromatic heterocycles. The Labute approximate surface area is 127 Å². The lowest BCUT2D eigenvalue weighted by Crippen LogP contribution is -2.16. The maximum atomic E-state index is 10.3. The molecule has 1 aromatic carbocycles. The Hall–Kier alpha value is -0.820. The first-order valence-electron chi connectivity index (χ1n) is 5.53. The van der Waals surface area contributed by atoms with E-state index in [0.717, 1.165) is 0 Å². The summed E-state index contributed by atoms with van der Waals surface area (Å²) in [5.41, 5.74) is 0.635. The Balaban J connectivity index is 1.99. The summed E-state index contributed by atoms with van der Waals surface area (Å²) in [6.07, 6.45) is -0.829.